The van der Waals surface area contributed by atoms with Crippen molar-refractivity contribution >= 4 is 27.4 Å². The number of aromatic nitrogens is 1. The van der Waals surface area contributed by atoms with Gasteiger partial charge in [0.2, 0.25) is 5.91 Å². The van der Waals surface area contributed by atoms with Crippen LogP contribution in [-0.4, -0.2) is 41.9 Å². The fourth-order valence-electron chi connectivity index (χ4n) is 2.00. The highest BCUT2D eigenvalue weighted by Crippen LogP contribution is 2.20. The minimum Gasteiger partial charge on any atom is -0.481 e. The van der Waals surface area contributed by atoms with Crippen LogP contribution in [0.5, 0.6) is 0 Å². The third kappa shape index (κ3) is 3.77. The predicted octanol–water partition coefficient (Wildman–Crippen LogP) is 0.0819. The summed E-state index contributed by atoms with van der Waals surface area (Å²) in [6.45, 7) is 0. The van der Waals surface area contributed by atoms with E-state index in [1.165, 1.54) is 12.3 Å². The van der Waals surface area contributed by atoms with E-state index in [0.29, 0.717) is 17.8 Å². The zero-order valence-electron chi connectivity index (χ0n) is 10.6. The molecule has 1 aliphatic rings. The Morgan fingerprint density at radius 2 is 2.15 bits per heavy atom. The lowest BCUT2D eigenvalue weighted by molar-refractivity contribution is -0.136. The minimum absolute atomic E-state index is 0.0425. The third-order valence-electron chi connectivity index (χ3n) is 3.03. The normalized spacial score (nSPS) is 20.5. The minimum atomic E-state index is -3.09. The number of hydrogen-bond acceptors (Lipinski definition) is 5. The number of carboxylic acids is 1. The number of hydrogen-bond donors (Lipinski definition) is 2. The largest absolute Gasteiger partial charge is 0.481 e. The van der Waals surface area contributed by atoms with E-state index in [-0.39, 0.29) is 23.8 Å². The molecule has 8 heteroatoms. The Morgan fingerprint density at radius 1 is 1.40 bits per heavy atom. The monoisotopic (exact) mass is 298 g/mol. The maximum atomic E-state index is 11.9. The predicted molar refractivity (Wildman–Crippen MR) is 71.0 cm³/mol. The van der Waals surface area contributed by atoms with Crippen LogP contribution in [0.4, 0.5) is 5.69 Å². The molecule has 20 heavy (non-hydrogen) atoms. The van der Waals surface area contributed by atoms with Crippen molar-refractivity contribution in [1.82, 2.24) is 4.98 Å². The molecule has 1 fully saturated rings. The summed E-state index contributed by atoms with van der Waals surface area (Å²) in [6.07, 6.45) is 1.51. The molecule has 1 aromatic heterocycles. The number of carbonyl (C=O) groups is 2. The highest BCUT2D eigenvalue weighted by Gasteiger charge is 2.32. The summed E-state index contributed by atoms with van der Waals surface area (Å²) in [5.74, 6) is -1.94. The van der Waals surface area contributed by atoms with E-state index in [2.05, 4.69) is 10.3 Å². The van der Waals surface area contributed by atoms with E-state index >= 15 is 0 Å². The molecule has 0 radical (unpaired) electrons. The standard InChI is InChI=1S/C12H14N2O5S/c15-11(16)5-9-1-2-10(6-13-9)14-12(17)8-3-4-20(18,19)7-8/h1-2,6,8H,3-5,7H2,(H,14,17)(H,15,16). The second-order valence-corrected chi connectivity index (χ2v) is 6.93. The number of rotatable bonds is 4. The number of carbonyl (C=O) groups excluding carboxylic acids is 1. The molecule has 2 heterocycles. The molecule has 1 aromatic rings. The van der Waals surface area contributed by atoms with Gasteiger partial charge in [-0.25, -0.2) is 8.42 Å². The Hall–Kier alpha value is -1.96. The highest BCUT2D eigenvalue weighted by molar-refractivity contribution is 7.91. The van der Waals surface area contributed by atoms with Crippen LogP contribution in [0.25, 0.3) is 0 Å². The average molecular weight is 298 g/mol. The van der Waals surface area contributed by atoms with Gasteiger partial charge in [0, 0.05) is 0 Å². The van der Waals surface area contributed by atoms with E-state index in [1.54, 1.807) is 6.07 Å². The van der Waals surface area contributed by atoms with Crippen LogP contribution >= 0.6 is 0 Å². The van der Waals surface area contributed by atoms with Gasteiger partial charge in [-0.15, -0.1) is 0 Å². The molecule has 0 saturated carbocycles. The Balaban J connectivity index is 1.96. The fraction of sp³-hybridized carbons (Fsp3) is 0.417. The lowest BCUT2D eigenvalue weighted by Gasteiger charge is -2.09. The van der Waals surface area contributed by atoms with E-state index in [9.17, 15) is 18.0 Å². The Kier molecular flexibility index (Phi) is 4.03. The first-order valence-corrected chi connectivity index (χ1v) is 7.86. The van der Waals surface area contributed by atoms with Crippen molar-refractivity contribution in [3.8, 4) is 0 Å². The molecular formula is C12H14N2O5S. The molecule has 1 unspecified atom stereocenters. The van der Waals surface area contributed by atoms with Crippen molar-refractivity contribution in [2.24, 2.45) is 5.92 Å². The van der Waals surface area contributed by atoms with Gasteiger partial charge in [0.1, 0.15) is 0 Å². The summed E-state index contributed by atoms with van der Waals surface area (Å²) in [7, 11) is -3.09. The topological polar surface area (TPSA) is 113 Å². The summed E-state index contributed by atoms with van der Waals surface area (Å²) in [5, 5.41) is 11.2. The number of pyridine rings is 1. The van der Waals surface area contributed by atoms with E-state index in [0.717, 1.165) is 0 Å². The lowest BCUT2D eigenvalue weighted by Crippen LogP contribution is -2.23. The molecule has 0 bridgehead atoms. The van der Waals surface area contributed by atoms with Crippen LogP contribution in [0.15, 0.2) is 18.3 Å². The van der Waals surface area contributed by atoms with Gasteiger partial charge in [0.05, 0.1) is 41.4 Å². The fourth-order valence-corrected chi connectivity index (χ4v) is 3.75. The maximum absolute atomic E-state index is 11.9. The zero-order valence-corrected chi connectivity index (χ0v) is 11.4. The van der Waals surface area contributed by atoms with Crippen molar-refractivity contribution < 1.29 is 23.1 Å². The van der Waals surface area contributed by atoms with E-state index in [4.69, 9.17) is 5.11 Å². The van der Waals surface area contributed by atoms with E-state index < -0.39 is 21.7 Å². The van der Waals surface area contributed by atoms with Gasteiger partial charge in [-0.05, 0) is 18.6 Å². The highest BCUT2D eigenvalue weighted by atomic mass is 32.2. The third-order valence-corrected chi connectivity index (χ3v) is 4.80. The lowest BCUT2D eigenvalue weighted by atomic mass is 10.1. The summed E-state index contributed by atoms with van der Waals surface area (Å²) in [4.78, 5) is 26.3. The van der Waals surface area contributed by atoms with Gasteiger partial charge in [-0.3, -0.25) is 14.6 Å². The summed E-state index contributed by atoms with van der Waals surface area (Å²) in [6, 6.07) is 3.06. The number of anilines is 1. The average Bonchev–Trinajstić information content (AvgIpc) is 2.72. The molecule has 7 nitrogen and oxygen atoms in total. The number of carboxylic acid groups (broad SMARTS) is 1. The first-order valence-electron chi connectivity index (χ1n) is 6.04. The van der Waals surface area contributed by atoms with Crippen LogP contribution in [0, 0.1) is 5.92 Å². The molecule has 2 N–H and O–H groups in total. The number of sulfone groups is 1. The Morgan fingerprint density at radius 3 is 2.65 bits per heavy atom. The zero-order chi connectivity index (χ0) is 14.8. The van der Waals surface area contributed by atoms with Gasteiger partial charge in [-0.1, -0.05) is 0 Å². The van der Waals surface area contributed by atoms with Crippen molar-refractivity contribution in [2.75, 3.05) is 16.8 Å². The maximum Gasteiger partial charge on any atom is 0.309 e. The Bertz CT molecular complexity index is 624. The van der Waals surface area contributed by atoms with Gasteiger partial charge >= 0.3 is 5.97 Å². The molecule has 2 rings (SSSR count). The summed E-state index contributed by atoms with van der Waals surface area (Å²) in [5.41, 5.74) is 0.812. The van der Waals surface area contributed by atoms with Gasteiger partial charge in [0.15, 0.2) is 9.84 Å². The molecule has 1 aliphatic heterocycles. The summed E-state index contributed by atoms with van der Waals surface area (Å²) >= 11 is 0. The van der Waals surface area contributed by atoms with Gasteiger partial charge < -0.3 is 10.4 Å². The molecule has 1 saturated heterocycles. The van der Waals surface area contributed by atoms with Crippen LogP contribution in [0.2, 0.25) is 0 Å². The molecule has 1 atom stereocenters. The van der Waals surface area contributed by atoms with Crippen LogP contribution < -0.4 is 5.32 Å². The molecule has 0 aliphatic carbocycles. The molecular weight excluding hydrogens is 284 g/mol. The Labute approximate surface area is 115 Å². The molecule has 0 spiro atoms. The van der Waals surface area contributed by atoms with Crippen LogP contribution in [0.1, 0.15) is 12.1 Å². The smallest absolute Gasteiger partial charge is 0.309 e. The van der Waals surface area contributed by atoms with Gasteiger partial charge in [-0.2, -0.15) is 0 Å². The SMILES string of the molecule is O=C(O)Cc1ccc(NC(=O)C2CCS(=O)(=O)C2)cn1. The van der Waals surface area contributed by atoms with Crippen molar-refractivity contribution in [2.45, 2.75) is 12.8 Å². The van der Waals surface area contributed by atoms with Crippen LogP contribution in [-0.2, 0) is 25.8 Å². The summed E-state index contributed by atoms with van der Waals surface area (Å²) < 4.78 is 22.6. The van der Waals surface area contributed by atoms with Crippen molar-refractivity contribution in [1.29, 1.82) is 0 Å². The van der Waals surface area contributed by atoms with E-state index in [1.807, 2.05) is 0 Å². The molecule has 108 valence electrons. The number of aliphatic carboxylic acids is 1. The first-order chi connectivity index (χ1) is 9.35. The molecule has 0 aromatic carbocycles. The van der Waals surface area contributed by atoms with Crippen LogP contribution in [0.3, 0.4) is 0 Å². The molecule has 1 amide bonds. The second kappa shape index (κ2) is 5.58. The van der Waals surface area contributed by atoms with Crippen molar-refractivity contribution in [3.63, 3.8) is 0 Å². The first kappa shape index (κ1) is 14.4. The quantitative estimate of drug-likeness (QED) is 0.814. The van der Waals surface area contributed by atoms with Gasteiger partial charge in [0.25, 0.3) is 0 Å². The number of amides is 1. The number of nitrogens with zero attached hydrogens (tertiary/aromatic N) is 1. The number of nitrogens with one attached hydrogen (secondary N) is 1. The van der Waals surface area contributed by atoms with Crippen molar-refractivity contribution in [3.05, 3.63) is 24.0 Å². The second-order valence-electron chi connectivity index (χ2n) is 4.70.